The molecule has 0 saturated carbocycles. The zero-order chi connectivity index (χ0) is 11.8. The molecule has 0 radical (unpaired) electrons. The third-order valence-corrected chi connectivity index (χ3v) is 1.96. The van der Waals surface area contributed by atoms with E-state index in [2.05, 4.69) is 10.6 Å². The Kier molecular flexibility index (Phi) is 5.91. The number of carboxylic acids is 1. The molecule has 0 heterocycles. The summed E-state index contributed by atoms with van der Waals surface area (Å²) in [6, 6.07) is -0.956. The second-order valence-electron chi connectivity index (χ2n) is 3.11. The van der Waals surface area contributed by atoms with Crippen molar-refractivity contribution in [1.82, 2.24) is 10.0 Å². The summed E-state index contributed by atoms with van der Waals surface area (Å²) < 4.78 is 0. The van der Waals surface area contributed by atoms with Crippen molar-refractivity contribution in [2.24, 2.45) is 10.6 Å². The maximum Gasteiger partial charge on any atom is 0.328 e. The quantitative estimate of drug-likeness (QED) is 0.468. The van der Waals surface area contributed by atoms with Crippen LogP contribution in [0.5, 0.6) is 0 Å². The molecular weight excluding hydrogens is 204 g/mol. The molecule has 0 aromatic rings. The molecule has 0 aliphatic rings. The van der Waals surface area contributed by atoms with Gasteiger partial charge in [0.1, 0.15) is 6.04 Å². The molecule has 1 unspecified atom stereocenters. The third kappa shape index (κ3) is 4.89. The molecule has 0 aliphatic heterocycles. The largest absolute Gasteiger partial charge is 0.480 e. The fraction of sp³-hybridized carbons (Fsp3) is 0.857. The molecule has 0 aromatic carbocycles. The molecule has 0 spiro atoms. The second kappa shape index (κ2) is 6.68. The van der Waals surface area contributed by atoms with E-state index in [4.69, 9.17) is 5.11 Å². The highest BCUT2D eigenvalue weighted by molar-refractivity contribution is 5.73. The maximum absolute atomic E-state index is 10.7. The molecule has 0 bridgehead atoms. The van der Waals surface area contributed by atoms with Gasteiger partial charge in [0.25, 0.3) is 0 Å². The van der Waals surface area contributed by atoms with Crippen LogP contribution in [0.15, 0.2) is 10.6 Å². The van der Waals surface area contributed by atoms with Crippen molar-refractivity contribution in [1.29, 1.82) is 0 Å². The lowest BCUT2D eigenvalue weighted by Gasteiger charge is -2.18. The first-order valence-electron chi connectivity index (χ1n) is 4.36. The molecule has 8 nitrogen and oxygen atoms in total. The molecule has 8 heteroatoms. The molecule has 0 rings (SSSR count). The van der Waals surface area contributed by atoms with Crippen LogP contribution in [0.4, 0.5) is 0 Å². The summed E-state index contributed by atoms with van der Waals surface area (Å²) in [6.07, 6.45) is 0.677. The van der Waals surface area contributed by atoms with Crippen LogP contribution >= 0.6 is 0 Å². The van der Waals surface area contributed by atoms with Gasteiger partial charge in [-0.15, -0.1) is 9.81 Å². The van der Waals surface area contributed by atoms with E-state index in [-0.39, 0.29) is 6.42 Å². The monoisotopic (exact) mass is 218 g/mol. The Balaban J connectivity index is 4.02. The minimum atomic E-state index is -1.11. The SMILES string of the molecule is CN(CCCC(C(=O)O)N(C)N=O)N=O. The molecule has 86 valence electrons. The summed E-state index contributed by atoms with van der Waals surface area (Å²) in [7, 11) is 2.79. The Morgan fingerprint density at radius 1 is 1.33 bits per heavy atom. The topological polar surface area (TPSA) is 103 Å². The van der Waals surface area contributed by atoms with Crippen LogP contribution in [0, 0.1) is 9.81 Å². The van der Waals surface area contributed by atoms with E-state index in [1.54, 1.807) is 0 Å². The number of carboxylic acid groups (broad SMARTS) is 1. The highest BCUT2D eigenvalue weighted by atomic mass is 16.4. The first-order chi connectivity index (χ1) is 7.02. The highest BCUT2D eigenvalue weighted by Crippen LogP contribution is 2.06. The van der Waals surface area contributed by atoms with E-state index in [0.29, 0.717) is 13.0 Å². The molecule has 15 heavy (non-hydrogen) atoms. The van der Waals surface area contributed by atoms with Gasteiger partial charge in [-0.05, 0) is 12.8 Å². The number of rotatable bonds is 8. The fourth-order valence-corrected chi connectivity index (χ4v) is 1.08. The van der Waals surface area contributed by atoms with Crippen LogP contribution in [0.3, 0.4) is 0 Å². The number of carbonyl (C=O) groups is 1. The summed E-state index contributed by atoms with van der Waals surface area (Å²) in [5.74, 6) is -1.11. The minimum Gasteiger partial charge on any atom is -0.480 e. The summed E-state index contributed by atoms with van der Waals surface area (Å²) in [5, 5.41) is 15.9. The van der Waals surface area contributed by atoms with Gasteiger partial charge in [0.05, 0.1) is 10.6 Å². The third-order valence-electron chi connectivity index (χ3n) is 1.96. The Morgan fingerprint density at radius 2 is 1.93 bits per heavy atom. The molecular formula is C7H14N4O4. The van der Waals surface area contributed by atoms with Crippen LogP contribution in [0.2, 0.25) is 0 Å². The van der Waals surface area contributed by atoms with Crippen molar-refractivity contribution >= 4 is 5.97 Å². The van der Waals surface area contributed by atoms with Gasteiger partial charge in [-0.3, -0.25) is 5.01 Å². The Morgan fingerprint density at radius 3 is 2.33 bits per heavy atom. The van der Waals surface area contributed by atoms with E-state index in [1.807, 2.05) is 0 Å². The summed E-state index contributed by atoms with van der Waals surface area (Å²) >= 11 is 0. The van der Waals surface area contributed by atoms with E-state index >= 15 is 0 Å². The average molecular weight is 218 g/mol. The number of likely N-dealkylation sites (N-methyl/N-ethyl adjacent to an activating group) is 1. The van der Waals surface area contributed by atoms with Crippen LogP contribution in [0.1, 0.15) is 12.8 Å². The Labute approximate surface area is 86.7 Å². The van der Waals surface area contributed by atoms with E-state index in [0.717, 1.165) is 10.0 Å². The van der Waals surface area contributed by atoms with Crippen LogP contribution < -0.4 is 0 Å². The number of hydrogen-bond donors (Lipinski definition) is 1. The summed E-state index contributed by atoms with van der Waals surface area (Å²) in [6.45, 7) is 0.347. The minimum absolute atomic E-state index is 0.234. The smallest absolute Gasteiger partial charge is 0.328 e. The molecule has 1 N–H and O–H groups in total. The van der Waals surface area contributed by atoms with Gasteiger partial charge >= 0.3 is 5.97 Å². The number of aliphatic carboxylic acids is 1. The standard InChI is InChI=1S/C7H14N4O4/c1-10(8-14)5-3-4-6(7(12)13)11(2)9-15/h6H,3-5H2,1-2H3,(H,12,13). The first-order valence-corrected chi connectivity index (χ1v) is 4.36. The predicted octanol–water partition coefficient (Wildman–Crippen LogP) is 0.446. The normalized spacial score (nSPS) is 11.6. The lowest BCUT2D eigenvalue weighted by atomic mass is 10.1. The summed E-state index contributed by atoms with van der Waals surface area (Å²) in [5.41, 5.74) is 0. The fourth-order valence-electron chi connectivity index (χ4n) is 1.08. The number of hydrogen-bond acceptors (Lipinski definition) is 5. The zero-order valence-electron chi connectivity index (χ0n) is 8.66. The molecule has 0 aromatic heterocycles. The first kappa shape index (κ1) is 13.3. The van der Waals surface area contributed by atoms with Gasteiger partial charge in [0.2, 0.25) is 0 Å². The Bertz CT molecular complexity index is 235. The lowest BCUT2D eigenvalue weighted by molar-refractivity contribution is -0.143. The van der Waals surface area contributed by atoms with Crippen molar-refractivity contribution in [2.45, 2.75) is 18.9 Å². The molecule has 0 fully saturated rings. The van der Waals surface area contributed by atoms with Crippen LogP contribution in [-0.2, 0) is 4.79 Å². The van der Waals surface area contributed by atoms with E-state index < -0.39 is 12.0 Å². The van der Waals surface area contributed by atoms with Gasteiger partial charge in [-0.1, -0.05) is 0 Å². The molecule has 0 aliphatic carbocycles. The number of nitroso groups, excluding NO2 is 2. The predicted molar refractivity (Wildman–Crippen MR) is 52.6 cm³/mol. The molecule has 1 atom stereocenters. The van der Waals surface area contributed by atoms with E-state index in [1.165, 1.54) is 14.1 Å². The van der Waals surface area contributed by atoms with Gasteiger partial charge in [0, 0.05) is 20.6 Å². The molecule has 0 saturated heterocycles. The maximum atomic E-state index is 10.7. The van der Waals surface area contributed by atoms with Gasteiger partial charge in [0.15, 0.2) is 0 Å². The second-order valence-corrected chi connectivity index (χ2v) is 3.11. The van der Waals surface area contributed by atoms with Crippen molar-refractivity contribution in [3.8, 4) is 0 Å². The number of nitrogens with zero attached hydrogens (tertiary/aromatic N) is 4. The molecule has 0 amide bonds. The lowest BCUT2D eigenvalue weighted by Crippen LogP contribution is -2.35. The van der Waals surface area contributed by atoms with Crippen molar-refractivity contribution < 1.29 is 9.90 Å². The van der Waals surface area contributed by atoms with E-state index in [9.17, 15) is 14.6 Å². The van der Waals surface area contributed by atoms with Gasteiger partial charge in [-0.25, -0.2) is 9.80 Å². The van der Waals surface area contributed by atoms with Crippen molar-refractivity contribution in [3.63, 3.8) is 0 Å². The average Bonchev–Trinajstić information content (AvgIpc) is 2.22. The Hall–Kier alpha value is -1.73. The highest BCUT2D eigenvalue weighted by Gasteiger charge is 2.22. The van der Waals surface area contributed by atoms with Gasteiger partial charge < -0.3 is 5.11 Å². The van der Waals surface area contributed by atoms with Gasteiger partial charge in [-0.2, -0.15) is 0 Å². The van der Waals surface area contributed by atoms with Crippen molar-refractivity contribution in [3.05, 3.63) is 9.81 Å². The van der Waals surface area contributed by atoms with Crippen LogP contribution in [0.25, 0.3) is 0 Å². The summed E-state index contributed by atoms with van der Waals surface area (Å²) in [4.78, 5) is 30.8. The van der Waals surface area contributed by atoms with Crippen molar-refractivity contribution in [2.75, 3.05) is 20.6 Å². The zero-order valence-corrected chi connectivity index (χ0v) is 8.66. The van der Waals surface area contributed by atoms with Crippen LogP contribution in [-0.4, -0.2) is 47.8 Å².